The van der Waals surface area contributed by atoms with Crippen LogP contribution in [-0.4, -0.2) is 38.4 Å². The van der Waals surface area contributed by atoms with Gasteiger partial charge in [0.1, 0.15) is 0 Å². The maximum atomic E-state index is 13.5. The minimum atomic E-state index is -0.866. The van der Waals surface area contributed by atoms with Crippen molar-refractivity contribution in [1.82, 2.24) is 19.4 Å². The molecule has 1 aliphatic rings. The third-order valence-electron chi connectivity index (χ3n) is 6.21. The maximum Gasteiger partial charge on any atom is 0.327 e. The number of pyridine rings is 1. The summed E-state index contributed by atoms with van der Waals surface area (Å²) in [7, 11) is 1.68. The van der Waals surface area contributed by atoms with Gasteiger partial charge in [0, 0.05) is 37.5 Å². The van der Waals surface area contributed by atoms with Gasteiger partial charge in [-0.05, 0) is 54.3 Å². The number of nitrogens with one attached hydrogen (secondary N) is 1. The molecule has 2 aromatic carbocycles. The van der Waals surface area contributed by atoms with E-state index in [1.54, 1.807) is 30.3 Å². The standard InChI is InChI=1S/C26H22F2N4O2/c1-31-23-14-20(15-29-24(23)30-26(31)34)18-3-2-4-19(13-18)25(33)32-9-7-16(8-10-32)11-17-5-6-21(27)22(28)12-17/h2-6,11-15H,7-10H2,1H3,(H,29,30,34). The quantitative estimate of drug-likeness (QED) is 0.489. The molecule has 4 aromatic rings. The number of likely N-dealkylation sites (tertiary alicyclic amines) is 1. The van der Waals surface area contributed by atoms with Gasteiger partial charge in [0.15, 0.2) is 17.3 Å². The smallest absolute Gasteiger partial charge is 0.327 e. The molecule has 1 aliphatic heterocycles. The van der Waals surface area contributed by atoms with Crippen molar-refractivity contribution in [2.45, 2.75) is 12.8 Å². The Hall–Kier alpha value is -4.07. The van der Waals surface area contributed by atoms with Crippen LogP contribution in [0.5, 0.6) is 0 Å². The van der Waals surface area contributed by atoms with E-state index < -0.39 is 11.6 Å². The van der Waals surface area contributed by atoms with Gasteiger partial charge in [-0.15, -0.1) is 0 Å². The summed E-state index contributed by atoms with van der Waals surface area (Å²) in [5, 5.41) is 0. The van der Waals surface area contributed by atoms with E-state index >= 15 is 0 Å². The van der Waals surface area contributed by atoms with Crippen LogP contribution in [0.3, 0.4) is 0 Å². The molecule has 172 valence electrons. The predicted molar refractivity (Wildman–Crippen MR) is 126 cm³/mol. The molecular weight excluding hydrogens is 438 g/mol. The van der Waals surface area contributed by atoms with E-state index in [9.17, 15) is 18.4 Å². The predicted octanol–water partition coefficient (Wildman–Crippen LogP) is 4.53. The van der Waals surface area contributed by atoms with Gasteiger partial charge in [-0.3, -0.25) is 14.3 Å². The lowest BCUT2D eigenvalue weighted by molar-refractivity contribution is 0.0744. The van der Waals surface area contributed by atoms with Crippen LogP contribution in [0, 0.1) is 11.6 Å². The van der Waals surface area contributed by atoms with Gasteiger partial charge in [-0.2, -0.15) is 0 Å². The Balaban J connectivity index is 1.32. The molecule has 34 heavy (non-hydrogen) atoms. The van der Waals surface area contributed by atoms with Gasteiger partial charge >= 0.3 is 5.69 Å². The highest BCUT2D eigenvalue weighted by Gasteiger charge is 2.21. The molecule has 0 spiro atoms. The molecule has 5 rings (SSSR count). The molecule has 1 saturated heterocycles. The second kappa shape index (κ2) is 8.70. The Labute approximate surface area is 194 Å². The summed E-state index contributed by atoms with van der Waals surface area (Å²) >= 11 is 0. The summed E-state index contributed by atoms with van der Waals surface area (Å²) in [6, 6.07) is 13.1. The number of benzene rings is 2. The van der Waals surface area contributed by atoms with Crippen molar-refractivity contribution in [2.24, 2.45) is 7.05 Å². The van der Waals surface area contributed by atoms with Crippen molar-refractivity contribution in [1.29, 1.82) is 0 Å². The second-order valence-electron chi connectivity index (χ2n) is 8.43. The van der Waals surface area contributed by atoms with Crippen molar-refractivity contribution >= 4 is 23.1 Å². The lowest BCUT2D eigenvalue weighted by Gasteiger charge is -2.28. The largest absolute Gasteiger partial charge is 0.338 e. The Morgan fingerprint density at radius 2 is 1.82 bits per heavy atom. The first kappa shape index (κ1) is 21.8. The van der Waals surface area contributed by atoms with Crippen molar-refractivity contribution in [3.05, 3.63) is 93.5 Å². The zero-order chi connectivity index (χ0) is 23.8. The van der Waals surface area contributed by atoms with E-state index in [4.69, 9.17) is 0 Å². The number of piperidine rings is 1. The molecule has 0 saturated carbocycles. The SMILES string of the molecule is Cn1c(=O)[nH]c2ncc(-c3cccc(C(=O)N4CCC(=Cc5ccc(F)c(F)c5)CC4)c3)cc21. The van der Waals surface area contributed by atoms with Crippen LogP contribution in [0.4, 0.5) is 8.78 Å². The number of fused-ring (bicyclic) bond motifs is 1. The fraction of sp³-hybridized carbons (Fsp3) is 0.192. The Morgan fingerprint density at radius 1 is 1.03 bits per heavy atom. The molecule has 1 N–H and O–H groups in total. The lowest BCUT2D eigenvalue weighted by atomic mass is 9.99. The topological polar surface area (TPSA) is 71.0 Å². The van der Waals surface area contributed by atoms with E-state index in [1.165, 1.54) is 10.6 Å². The minimum absolute atomic E-state index is 0.0585. The maximum absolute atomic E-state index is 13.5. The molecule has 2 aromatic heterocycles. The molecule has 0 aliphatic carbocycles. The molecule has 0 atom stereocenters. The number of rotatable bonds is 3. The third kappa shape index (κ3) is 4.14. The summed E-state index contributed by atoms with van der Waals surface area (Å²) in [6.07, 6.45) is 4.89. The molecule has 0 unspecified atom stereocenters. The van der Waals surface area contributed by atoms with Gasteiger partial charge in [-0.1, -0.05) is 29.8 Å². The van der Waals surface area contributed by atoms with E-state index in [0.29, 0.717) is 48.2 Å². The first-order valence-corrected chi connectivity index (χ1v) is 11.0. The number of amides is 1. The van der Waals surface area contributed by atoms with Crippen molar-refractivity contribution in [2.75, 3.05) is 13.1 Å². The fourth-order valence-electron chi connectivity index (χ4n) is 4.25. The molecule has 3 heterocycles. The number of H-pyrrole nitrogens is 1. The van der Waals surface area contributed by atoms with Gasteiger partial charge in [0.05, 0.1) is 5.52 Å². The van der Waals surface area contributed by atoms with Crippen LogP contribution >= 0.6 is 0 Å². The number of carbonyl (C=O) groups is 1. The number of hydrogen-bond acceptors (Lipinski definition) is 3. The Bertz CT molecular complexity index is 1490. The number of hydrogen-bond donors (Lipinski definition) is 1. The van der Waals surface area contributed by atoms with Crippen molar-refractivity contribution < 1.29 is 13.6 Å². The van der Waals surface area contributed by atoms with Crippen LogP contribution in [-0.2, 0) is 7.05 Å². The summed E-state index contributed by atoms with van der Waals surface area (Å²) in [5.74, 6) is -1.79. The second-order valence-corrected chi connectivity index (χ2v) is 8.43. The number of imidazole rings is 1. The van der Waals surface area contributed by atoms with Gasteiger partial charge in [0.25, 0.3) is 5.91 Å². The first-order valence-electron chi connectivity index (χ1n) is 11.0. The molecule has 6 nitrogen and oxygen atoms in total. The number of aromatic nitrogens is 3. The van der Waals surface area contributed by atoms with Crippen LogP contribution in [0.2, 0.25) is 0 Å². The first-order chi connectivity index (χ1) is 16.4. The molecule has 1 amide bonds. The number of halogens is 2. The number of aromatic amines is 1. The van der Waals surface area contributed by atoms with Gasteiger partial charge in [-0.25, -0.2) is 18.6 Å². The van der Waals surface area contributed by atoms with E-state index in [-0.39, 0.29) is 11.6 Å². The highest BCUT2D eigenvalue weighted by Crippen LogP contribution is 2.25. The van der Waals surface area contributed by atoms with Crippen LogP contribution < -0.4 is 5.69 Å². The van der Waals surface area contributed by atoms with Crippen molar-refractivity contribution in [3.63, 3.8) is 0 Å². The van der Waals surface area contributed by atoms with E-state index in [0.717, 1.165) is 22.8 Å². The zero-order valence-electron chi connectivity index (χ0n) is 18.5. The monoisotopic (exact) mass is 460 g/mol. The molecular formula is C26H22F2N4O2. The summed E-state index contributed by atoms with van der Waals surface area (Å²) in [4.78, 5) is 33.8. The summed E-state index contributed by atoms with van der Waals surface area (Å²) in [5.41, 5.74) is 4.92. The van der Waals surface area contributed by atoms with Gasteiger partial charge in [0.2, 0.25) is 0 Å². The van der Waals surface area contributed by atoms with Gasteiger partial charge < -0.3 is 4.90 Å². The van der Waals surface area contributed by atoms with E-state index in [2.05, 4.69) is 9.97 Å². The highest BCUT2D eigenvalue weighted by molar-refractivity contribution is 5.96. The fourth-order valence-corrected chi connectivity index (χ4v) is 4.25. The van der Waals surface area contributed by atoms with Crippen LogP contribution in [0.15, 0.2) is 65.1 Å². The Kier molecular flexibility index (Phi) is 5.57. The number of nitrogens with zero attached hydrogens (tertiary/aromatic N) is 3. The Morgan fingerprint density at radius 3 is 2.59 bits per heavy atom. The van der Waals surface area contributed by atoms with Crippen molar-refractivity contribution in [3.8, 4) is 11.1 Å². The third-order valence-corrected chi connectivity index (χ3v) is 6.21. The molecule has 8 heteroatoms. The zero-order valence-corrected chi connectivity index (χ0v) is 18.5. The number of carbonyl (C=O) groups excluding carboxylic acids is 1. The van der Waals surface area contributed by atoms with Crippen LogP contribution in [0.1, 0.15) is 28.8 Å². The summed E-state index contributed by atoms with van der Waals surface area (Å²) < 4.78 is 28.1. The molecule has 0 bridgehead atoms. The minimum Gasteiger partial charge on any atom is -0.338 e. The highest BCUT2D eigenvalue weighted by atomic mass is 19.2. The molecule has 0 radical (unpaired) electrons. The van der Waals surface area contributed by atoms with Crippen LogP contribution in [0.25, 0.3) is 28.4 Å². The average molecular weight is 460 g/mol. The number of aryl methyl sites for hydroxylation is 1. The summed E-state index contributed by atoms with van der Waals surface area (Å²) in [6.45, 7) is 1.11. The van der Waals surface area contributed by atoms with E-state index in [1.807, 2.05) is 30.3 Å². The average Bonchev–Trinajstić information content (AvgIpc) is 3.14. The lowest BCUT2D eigenvalue weighted by Crippen LogP contribution is -2.36. The molecule has 1 fully saturated rings. The normalized spacial score (nSPS) is 14.0.